The summed E-state index contributed by atoms with van der Waals surface area (Å²) in [4.78, 5) is 0. The van der Waals surface area contributed by atoms with Gasteiger partial charge in [0.25, 0.3) is 0 Å². The van der Waals surface area contributed by atoms with Crippen LogP contribution >= 0.6 is 0 Å². The van der Waals surface area contributed by atoms with E-state index >= 15 is 0 Å². The summed E-state index contributed by atoms with van der Waals surface area (Å²) >= 11 is 0. The van der Waals surface area contributed by atoms with Gasteiger partial charge in [0, 0.05) is 33.9 Å². The molecule has 0 aliphatic carbocycles. The van der Waals surface area contributed by atoms with E-state index in [9.17, 15) is 0 Å². The molecule has 2 aromatic heterocycles. The summed E-state index contributed by atoms with van der Waals surface area (Å²) in [6.45, 7) is 10.8. The second kappa shape index (κ2) is 6.38. The summed E-state index contributed by atoms with van der Waals surface area (Å²) in [6.07, 6.45) is -0.0312. The molecule has 4 aromatic rings. The van der Waals surface area contributed by atoms with Gasteiger partial charge in [-0.05, 0) is 70.5 Å². The first-order valence-electron chi connectivity index (χ1n) is 10.1. The minimum Gasteiger partial charge on any atom is -0.359 e. The quantitative estimate of drug-likeness (QED) is 0.471. The lowest BCUT2D eigenvalue weighted by Crippen LogP contribution is -2.26. The number of hydrogen-bond acceptors (Lipinski definition) is 2. The van der Waals surface area contributed by atoms with Crippen LogP contribution in [0.2, 0.25) is 0 Å². The molecule has 0 saturated carbocycles. The Hall–Kier alpha value is -3.27. The van der Waals surface area contributed by atoms with Crippen LogP contribution in [0.3, 0.4) is 0 Å². The smallest absolute Gasteiger partial charge is 0.149 e. The summed E-state index contributed by atoms with van der Waals surface area (Å²) in [7, 11) is 0. The number of nitrogens with one attached hydrogen (secondary N) is 1. The molecule has 0 radical (unpaired) electrons. The monoisotopic (exact) mass is 382 g/mol. The molecule has 0 spiro atoms. The SMILES string of the molecule is Cc1cc(C)c2c(c1)-c1cc(C)nn1C(c1cc(C)n(-c3ccccc3)c1C)N2. The summed E-state index contributed by atoms with van der Waals surface area (Å²) in [5.41, 5.74) is 12.1. The van der Waals surface area contributed by atoms with Gasteiger partial charge in [-0.25, -0.2) is 4.68 Å². The molecule has 0 amide bonds. The molecular weight excluding hydrogens is 356 g/mol. The Labute approximate surface area is 171 Å². The molecule has 0 saturated heterocycles. The van der Waals surface area contributed by atoms with E-state index in [4.69, 9.17) is 5.10 Å². The number of benzene rings is 2. The van der Waals surface area contributed by atoms with Crippen molar-refractivity contribution in [2.45, 2.75) is 40.8 Å². The van der Waals surface area contributed by atoms with Crippen molar-refractivity contribution in [1.82, 2.24) is 14.3 Å². The zero-order valence-corrected chi connectivity index (χ0v) is 17.6. The number of nitrogens with zero attached hydrogens (tertiary/aromatic N) is 3. The Bertz CT molecular complexity index is 1230. The lowest BCUT2D eigenvalue weighted by Gasteiger charge is -2.30. The third kappa shape index (κ3) is 2.70. The summed E-state index contributed by atoms with van der Waals surface area (Å²) < 4.78 is 4.47. The van der Waals surface area contributed by atoms with Crippen LogP contribution < -0.4 is 5.32 Å². The highest BCUT2D eigenvalue weighted by atomic mass is 15.4. The lowest BCUT2D eigenvalue weighted by molar-refractivity contribution is 0.567. The van der Waals surface area contributed by atoms with E-state index in [0.717, 1.165) is 5.69 Å². The Kier molecular flexibility index (Phi) is 3.91. The second-order valence-electron chi connectivity index (χ2n) is 8.16. The van der Waals surface area contributed by atoms with Crippen LogP contribution in [-0.2, 0) is 0 Å². The fourth-order valence-electron chi connectivity index (χ4n) is 4.72. The van der Waals surface area contributed by atoms with Crippen LogP contribution in [0, 0.1) is 34.6 Å². The van der Waals surface area contributed by atoms with Crippen molar-refractivity contribution >= 4 is 5.69 Å². The van der Waals surface area contributed by atoms with Crippen molar-refractivity contribution in [2.24, 2.45) is 0 Å². The molecule has 1 N–H and O–H groups in total. The van der Waals surface area contributed by atoms with Gasteiger partial charge >= 0.3 is 0 Å². The van der Waals surface area contributed by atoms with Crippen molar-refractivity contribution in [3.63, 3.8) is 0 Å². The van der Waals surface area contributed by atoms with Gasteiger partial charge in [-0.2, -0.15) is 5.10 Å². The highest BCUT2D eigenvalue weighted by Crippen LogP contribution is 2.42. The molecule has 1 atom stereocenters. The average molecular weight is 383 g/mol. The summed E-state index contributed by atoms with van der Waals surface area (Å²) in [6, 6.07) is 19.5. The average Bonchev–Trinajstić information content (AvgIpc) is 3.21. The number of rotatable bonds is 2. The van der Waals surface area contributed by atoms with Crippen LogP contribution in [0.4, 0.5) is 5.69 Å². The Morgan fingerprint density at radius 2 is 1.66 bits per heavy atom. The first-order valence-corrected chi connectivity index (χ1v) is 10.1. The largest absolute Gasteiger partial charge is 0.359 e. The molecule has 0 fully saturated rings. The molecule has 4 heteroatoms. The Morgan fingerprint density at radius 3 is 2.41 bits per heavy atom. The Morgan fingerprint density at radius 1 is 0.897 bits per heavy atom. The molecule has 5 rings (SSSR count). The fourth-order valence-corrected chi connectivity index (χ4v) is 4.72. The van der Waals surface area contributed by atoms with Crippen molar-refractivity contribution in [1.29, 1.82) is 0 Å². The number of fused-ring (bicyclic) bond motifs is 3. The molecule has 1 aliphatic rings. The number of anilines is 1. The zero-order chi connectivity index (χ0) is 20.3. The van der Waals surface area contributed by atoms with E-state index in [1.165, 1.54) is 50.7 Å². The van der Waals surface area contributed by atoms with Crippen molar-refractivity contribution in [3.8, 4) is 16.9 Å². The third-order valence-electron chi connectivity index (χ3n) is 5.92. The van der Waals surface area contributed by atoms with Crippen LogP contribution in [0.25, 0.3) is 16.9 Å². The van der Waals surface area contributed by atoms with Gasteiger partial charge in [0.1, 0.15) is 6.17 Å². The van der Waals surface area contributed by atoms with E-state index in [2.05, 4.69) is 104 Å². The number of aryl methyl sites for hydroxylation is 4. The van der Waals surface area contributed by atoms with Gasteiger partial charge in [-0.3, -0.25) is 0 Å². The fraction of sp³-hybridized carbons (Fsp3) is 0.240. The van der Waals surface area contributed by atoms with Gasteiger partial charge in [0.15, 0.2) is 0 Å². The van der Waals surface area contributed by atoms with Crippen LogP contribution in [-0.4, -0.2) is 14.3 Å². The van der Waals surface area contributed by atoms with Crippen LogP contribution in [0.5, 0.6) is 0 Å². The highest BCUT2D eigenvalue weighted by molar-refractivity contribution is 5.82. The molecule has 4 nitrogen and oxygen atoms in total. The Balaban J connectivity index is 1.70. The minimum absolute atomic E-state index is 0.0312. The molecule has 1 unspecified atom stereocenters. The normalized spacial score (nSPS) is 15.0. The maximum Gasteiger partial charge on any atom is 0.149 e. The molecule has 3 heterocycles. The zero-order valence-electron chi connectivity index (χ0n) is 17.6. The van der Waals surface area contributed by atoms with E-state index < -0.39 is 0 Å². The molecular formula is C25H26N4. The molecule has 2 aromatic carbocycles. The van der Waals surface area contributed by atoms with Crippen LogP contribution in [0.1, 0.15) is 39.9 Å². The van der Waals surface area contributed by atoms with Gasteiger partial charge in [0.2, 0.25) is 0 Å². The number of aromatic nitrogens is 3. The van der Waals surface area contributed by atoms with E-state index in [1.807, 2.05) is 0 Å². The van der Waals surface area contributed by atoms with Gasteiger partial charge in [-0.15, -0.1) is 0 Å². The van der Waals surface area contributed by atoms with Crippen molar-refractivity contribution in [3.05, 3.63) is 88.4 Å². The molecule has 146 valence electrons. The summed E-state index contributed by atoms with van der Waals surface area (Å²) in [5, 5.41) is 8.66. The van der Waals surface area contributed by atoms with Gasteiger partial charge in [-0.1, -0.05) is 29.8 Å². The highest BCUT2D eigenvalue weighted by Gasteiger charge is 2.30. The summed E-state index contributed by atoms with van der Waals surface area (Å²) in [5.74, 6) is 0. The van der Waals surface area contributed by atoms with E-state index in [0.29, 0.717) is 0 Å². The number of para-hydroxylation sites is 1. The van der Waals surface area contributed by atoms with E-state index in [1.54, 1.807) is 0 Å². The molecule has 29 heavy (non-hydrogen) atoms. The third-order valence-corrected chi connectivity index (χ3v) is 5.92. The number of hydrogen-bond donors (Lipinski definition) is 1. The first kappa shape index (κ1) is 17.8. The first-order chi connectivity index (χ1) is 13.9. The minimum atomic E-state index is -0.0312. The lowest BCUT2D eigenvalue weighted by atomic mass is 9.98. The maximum atomic E-state index is 4.86. The molecule has 0 bridgehead atoms. The maximum absolute atomic E-state index is 4.86. The van der Waals surface area contributed by atoms with E-state index in [-0.39, 0.29) is 6.17 Å². The van der Waals surface area contributed by atoms with Gasteiger partial charge < -0.3 is 9.88 Å². The topological polar surface area (TPSA) is 34.8 Å². The van der Waals surface area contributed by atoms with Gasteiger partial charge in [0.05, 0.1) is 11.4 Å². The second-order valence-corrected chi connectivity index (χ2v) is 8.16. The van der Waals surface area contributed by atoms with Crippen LogP contribution in [0.15, 0.2) is 54.6 Å². The predicted octanol–water partition coefficient (Wildman–Crippen LogP) is 5.86. The molecule has 1 aliphatic heterocycles. The van der Waals surface area contributed by atoms with Crippen molar-refractivity contribution < 1.29 is 0 Å². The standard InChI is InChI=1S/C25H26N4/c1-15-11-16(2)24-22(12-15)23-13-17(3)27-29(23)25(26-24)21-14-18(4)28(19(21)5)20-9-7-6-8-10-20/h6-14,25-26H,1-5H3. The van der Waals surface area contributed by atoms with Crippen molar-refractivity contribution in [2.75, 3.05) is 5.32 Å². The predicted molar refractivity (Wildman–Crippen MR) is 119 cm³/mol.